The third-order valence-corrected chi connectivity index (χ3v) is 6.51. The van der Waals surface area contributed by atoms with Crippen molar-refractivity contribution in [3.63, 3.8) is 0 Å². The SMILES string of the molecule is O=C(Nc1nnc(-c2ccccn2)o1)c1ccc(S(=O)(=O)N2CCCCC2)cc1. The van der Waals surface area contributed by atoms with Crippen LogP contribution in [-0.2, 0) is 10.0 Å². The number of carbonyl (C=O) groups is 1. The third kappa shape index (κ3) is 4.17. The fourth-order valence-corrected chi connectivity index (χ4v) is 4.59. The second kappa shape index (κ2) is 8.10. The minimum atomic E-state index is -3.54. The predicted octanol–water partition coefficient (Wildman–Crippen LogP) is 2.56. The molecular weight excluding hydrogens is 394 g/mol. The molecule has 1 aliphatic heterocycles. The maximum Gasteiger partial charge on any atom is 0.322 e. The number of carbonyl (C=O) groups excluding carboxylic acids is 1. The Bertz CT molecular complexity index is 1090. The van der Waals surface area contributed by atoms with Crippen LogP contribution in [0.5, 0.6) is 0 Å². The minimum Gasteiger partial charge on any atom is -0.401 e. The van der Waals surface area contributed by atoms with Gasteiger partial charge in [-0.25, -0.2) is 8.42 Å². The van der Waals surface area contributed by atoms with E-state index in [-0.39, 0.29) is 22.4 Å². The first kappa shape index (κ1) is 19.2. The molecule has 10 heteroatoms. The number of anilines is 1. The molecule has 29 heavy (non-hydrogen) atoms. The molecule has 0 unspecified atom stereocenters. The number of nitrogens with one attached hydrogen (secondary N) is 1. The first-order valence-electron chi connectivity index (χ1n) is 9.20. The smallest absolute Gasteiger partial charge is 0.322 e. The molecule has 0 spiro atoms. The maximum atomic E-state index is 12.7. The summed E-state index contributed by atoms with van der Waals surface area (Å²) < 4.78 is 32.3. The van der Waals surface area contributed by atoms with Crippen LogP contribution in [0.3, 0.4) is 0 Å². The number of aromatic nitrogens is 3. The molecule has 0 bridgehead atoms. The van der Waals surface area contributed by atoms with Gasteiger partial charge >= 0.3 is 6.01 Å². The van der Waals surface area contributed by atoms with Crippen molar-refractivity contribution < 1.29 is 17.6 Å². The van der Waals surface area contributed by atoms with Crippen LogP contribution in [0.15, 0.2) is 58.0 Å². The van der Waals surface area contributed by atoms with Crippen LogP contribution in [0, 0.1) is 0 Å². The minimum absolute atomic E-state index is 0.0688. The van der Waals surface area contributed by atoms with E-state index < -0.39 is 15.9 Å². The van der Waals surface area contributed by atoms with E-state index in [0.717, 1.165) is 19.3 Å². The van der Waals surface area contributed by atoms with Crippen LogP contribution in [0.1, 0.15) is 29.6 Å². The van der Waals surface area contributed by atoms with Gasteiger partial charge in [0.15, 0.2) is 0 Å². The summed E-state index contributed by atoms with van der Waals surface area (Å²) in [6.45, 7) is 1.06. The molecule has 0 atom stereocenters. The van der Waals surface area contributed by atoms with Crippen molar-refractivity contribution in [1.29, 1.82) is 0 Å². The fourth-order valence-electron chi connectivity index (χ4n) is 3.07. The van der Waals surface area contributed by atoms with Gasteiger partial charge in [0.25, 0.3) is 11.8 Å². The predicted molar refractivity (Wildman–Crippen MR) is 105 cm³/mol. The third-order valence-electron chi connectivity index (χ3n) is 4.60. The van der Waals surface area contributed by atoms with Gasteiger partial charge in [-0.2, -0.15) is 4.31 Å². The highest BCUT2D eigenvalue weighted by Crippen LogP contribution is 2.21. The van der Waals surface area contributed by atoms with Gasteiger partial charge in [-0.3, -0.25) is 15.1 Å². The first-order chi connectivity index (χ1) is 14.0. The molecule has 1 N–H and O–H groups in total. The maximum absolute atomic E-state index is 12.7. The monoisotopic (exact) mass is 413 g/mol. The summed E-state index contributed by atoms with van der Waals surface area (Å²) in [5.41, 5.74) is 0.771. The summed E-state index contributed by atoms with van der Waals surface area (Å²) in [5.74, 6) is -0.299. The van der Waals surface area contributed by atoms with E-state index >= 15 is 0 Å². The Hall–Kier alpha value is -3.11. The largest absolute Gasteiger partial charge is 0.401 e. The van der Waals surface area contributed by atoms with Gasteiger partial charge in [-0.05, 0) is 49.2 Å². The van der Waals surface area contributed by atoms with Crippen LogP contribution >= 0.6 is 0 Å². The van der Waals surface area contributed by atoms with E-state index in [1.165, 1.54) is 28.6 Å². The van der Waals surface area contributed by atoms with Crippen molar-refractivity contribution in [2.75, 3.05) is 18.4 Å². The lowest BCUT2D eigenvalue weighted by Crippen LogP contribution is -2.35. The van der Waals surface area contributed by atoms with E-state index in [9.17, 15) is 13.2 Å². The molecule has 1 saturated heterocycles. The number of pyridine rings is 1. The van der Waals surface area contributed by atoms with Crippen LogP contribution in [-0.4, -0.2) is 46.9 Å². The molecule has 0 radical (unpaired) electrons. The van der Waals surface area contributed by atoms with E-state index in [1.807, 2.05) is 0 Å². The Morgan fingerprint density at radius 3 is 2.45 bits per heavy atom. The molecule has 3 aromatic rings. The van der Waals surface area contributed by atoms with Crippen molar-refractivity contribution >= 4 is 21.9 Å². The number of rotatable bonds is 5. The average Bonchev–Trinajstić information content (AvgIpc) is 3.23. The zero-order valence-corrected chi connectivity index (χ0v) is 16.3. The number of sulfonamides is 1. The highest BCUT2D eigenvalue weighted by atomic mass is 32.2. The lowest BCUT2D eigenvalue weighted by Gasteiger charge is -2.25. The van der Waals surface area contributed by atoms with Gasteiger partial charge in [0.05, 0.1) is 4.90 Å². The van der Waals surface area contributed by atoms with E-state index in [1.54, 1.807) is 24.4 Å². The van der Waals surface area contributed by atoms with Gasteiger partial charge in [0.2, 0.25) is 10.0 Å². The molecule has 1 amide bonds. The quantitative estimate of drug-likeness (QED) is 0.683. The summed E-state index contributed by atoms with van der Waals surface area (Å²) in [6.07, 6.45) is 4.37. The molecule has 1 fully saturated rings. The van der Waals surface area contributed by atoms with Crippen LogP contribution in [0.4, 0.5) is 6.01 Å². The van der Waals surface area contributed by atoms with Gasteiger partial charge in [0.1, 0.15) is 5.69 Å². The number of piperidine rings is 1. The Morgan fingerprint density at radius 1 is 1.00 bits per heavy atom. The molecular formula is C19H19N5O4S. The zero-order valence-electron chi connectivity index (χ0n) is 15.5. The Morgan fingerprint density at radius 2 is 1.76 bits per heavy atom. The van der Waals surface area contributed by atoms with Crippen LogP contribution < -0.4 is 5.32 Å². The number of benzene rings is 1. The average molecular weight is 413 g/mol. The van der Waals surface area contributed by atoms with E-state index in [4.69, 9.17) is 4.42 Å². The summed E-state index contributed by atoms with van der Waals surface area (Å²) >= 11 is 0. The summed E-state index contributed by atoms with van der Waals surface area (Å²) in [6, 6.07) is 11.0. The molecule has 1 aromatic carbocycles. The second-order valence-electron chi connectivity index (χ2n) is 6.57. The molecule has 0 saturated carbocycles. The molecule has 2 aromatic heterocycles. The Balaban J connectivity index is 1.45. The number of hydrogen-bond acceptors (Lipinski definition) is 7. The lowest BCUT2D eigenvalue weighted by molar-refractivity contribution is 0.102. The van der Waals surface area contributed by atoms with Gasteiger partial charge in [-0.15, -0.1) is 5.10 Å². The summed E-state index contributed by atoms with van der Waals surface area (Å²) in [4.78, 5) is 16.7. The molecule has 150 valence electrons. The van der Waals surface area contributed by atoms with E-state index in [2.05, 4.69) is 20.5 Å². The molecule has 1 aliphatic rings. The van der Waals surface area contributed by atoms with Crippen molar-refractivity contribution in [1.82, 2.24) is 19.5 Å². The van der Waals surface area contributed by atoms with Crippen molar-refractivity contribution in [3.05, 3.63) is 54.2 Å². The van der Waals surface area contributed by atoms with Gasteiger partial charge < -0.3 is 4.42 Å². The molecule has 9 nitrogen and oxygen atoms in total. The zero-order chi connectivity index (χ0) is 20.3. The fraction of sp³-hybridized carbons (Fsp3) is 0.263. The van der Waals surface area contributed by atoms with Crippen LogP contribution in [0.25, 0.3) is 11.6 Å². The second-order valence-corrected chi connectivity index (χ2v) is 8.51. The highest BCUT2D eigenvalue weighted by Gasteiger charge is 2.26. The Kier molecular flexibility index (Phi) is 5.36. The molecule has 4 rings (SSSR count). The lowest BCUT2D eigenvalue weighted by atomic mass is 10.2. The number of amides is 1. The van der Waals surface area contributed by atoms with Gasteiger partial charge in [-0.1, -0.05) is 17.6 Å². The normalized spacial score (nSPS) is 15.2. The number of hydrogen-bond donors (Lipinski definition) is 1. The van der Waals surface area contributed by atoms with Crippen molar-refractivity contribution in [3.8, 4) is 11.6 Å². The van der Waals surface area contributed by atoms with E-state index in [0.29, 0.717) is 18.8 Å². The summed E-state index contributed by atoms with van der Waals surface area (Å²) in [7, 11) is -3.54. The standard InChI is InChI=1S/C19H19N5O4S/c25-17(21-19-23-22-18(28-19)16-6-2-3-11-20-16)14-7-9-15(10-8-14)29(26,27)24-12-4-1-5-13-24/h2-3,6-11H,1,4-5,12-13H2,(H,21,23,25). The number of nitrogens with zero attached hydrogens (tertiary/aromatic N) is 4. The van der Waals surface area contributed by atoms with Crippen LogP contribution in [0.2, 0.25) is 0 Å². The topological polar surface area (TPSA) is 118 Å². The molecule has 3 heterocycles. The highest BCUT2D eigenvalue weighted by molar-refractivity contribution is 7.89. The van der Waals surface area contributed by atoms with Gasteiger partial charge in [0, 0.05) is 24.8 Å². The molecule has 0 aliphatic carbocycles. The van der Waals surface area contributed by atoms with Crippen molar-refractivity contribution in [2.45, 2.75) is 24.2 Å². The first-order valence-corrected chi connectivity index (χ1v) is 10.6. The van der Waals surface area contributed by atoms with Crippen molar-refractivity contribution in [2.24, 2.45) is 0 Å². The Labute approximate surface area is 167 Å². The summed E-state index contributed by atoms with van der Waals surface area (Å²) in [5, 5.41) is 10.1.